The molecule has 0 atom stereocenters. The summed E-state index contributed by atoms with van der Waals surface area (Å²) in [6.45, 7) is 2.54. The van der Waals surface area contributed by atoms with Crippen LogP contribution in [0.2, 0.25) is 0 Å². The number of amides is 1. The standard InChI is InChI=1S/C16H15N5O/c17-11-13-3-2-6-19-15(13)20-7-9-21(10-8-20)16(22)14-4-1-5-18-12-14/h1-6,12H,7-10H2. The SMILES string of the molecule is N#Cc1cccnc1N1CCN(C(=O)c2cccnc2)CC1. The molecule has 1 fully saturated rings. The van der Waals surface area contributed by atoms with Crippen molar-refractivity contribution >= 4 is 11.7 Å². The van der Waals surface area contributed by atoms with Crippen LogP contribution < -0.4 is 4.90 Å². The van der Waals surface area contributed by atoms with Crippen LogP contribution >= 0.6 is 0 Å². The first-order valence-corrected chi connectivity index (χ1v) is 7.09. The Labute approximate surface area is 128 Å². The summed E-state index contributed by atoms with van der Waals surface area (Å²) in [5, 5.41) is 9.15. The van der Waals surface area contributed by atoms with Gasteiger partial charge in [0, 0.05) is 44.8 Å². The van der Waals surface area contributed by atoms with E-state index in [0.717, 1.165) is 0 Å². The van der Waals surface area contributed by atoms with Gasteiger partial charge in [-0.1, -0.05) is 0 Å². The van der Waals surface area contributed by atoms with Gasteiger partial charge in [0.25, 0.3) is 5.91 Å². The second-order valence-electron chi connectivity index (χ2n) is 5.01. The number of anilines is 1. The summed E-state index contributed by atoms with van der Waals surface area (Å²) in [6.07, 6.45) is 4.92. The summed E-state index contributed by atoms with van der Waals surface area (Å²) >= 11 is 0. The largest absolute Gasteiger partial charge is 0.352 e. The molecule has 0 bridgehead atoms. The fraction of sp³-hybridized carbons (Fsp3) is 0.250. The van der Waals surface area contributed by atoms with Crippen LogP contribution in [0, 0.1) is 11.3 Å². The maximum atomic E-state index is 12.4. The van der Waals surface area contributed by atoms with E-state index < -0.39 is 0 Å². The van der Waals surface area contributed by atoms with Gasteiger partial charge in [-0.15, -0.1) is 0 Å². The molecule has 1 aliphatic heterocycles. The fourth-order valence-electron chi connectivity index (χ4n) is 2.53. The summed E-state index contributed by atoms with van der Waals surface area (Å²) in [5.74, 6) is 0.688. The van der Waals surface area contributed by atoms with Crippen molar-refractivity contribution in [2.75, 3.05) is 31.1 Å². The molecule has 1 amide bonds. The van der Waals surface area contributed by atoms with E-state index >= 15 is 0 Å². The van der Waals surface area contributed by atoms with Crippen LogP contribution in [-0.2, 0) is 0 Å². The number of aromatic nitrogens is 2. The molecule has 6 heteroatoms. The van der Waals surface area contributed by atoms with Gasteiger partial charge in [-0.25, -0.2) is 4.98 Å². The first-order valence-electron chi connectivity index (χ1n) is 7.09. The second-order valence-corrected chi connectivity index (χ2v) is 5.01. The third-order valence-corrected chi connectivity index (χ3v) is 3.68. The number of rotatable bonds is 2. The van der Waals surface area contributed by atoms with Gasteiger partial charge in [-0.3, -0.25) is 9.78 Å². The Morgan fingerprint density at radius 3 is 2.59 bits per heavy atom. The monoisotopic (exact) mass is 293 g/mol. The number of nitrogens with zero attached hydrogens (tertiary/aromatic N) is 5. The third-order valence-electron chi connectivity index (χ3n) is 3.68. The molecule has 0 radical (unpaired) electrons. The molecule has 0 aromatic carbocycles. The Hall–Kier alpha value is -2.94. The summed E-state index contributed by atoms with van der Waals surface area (Å²) in [7, 11) is 0. The number of carbonyl (C=O) groups excluding carboxylic acids is 1. The summed E-state index contributed by atoms with van der Waals surface area (Å²) < 4.78 is 0. The van der Waals surface area contributed by atoms with Gasteiger partial charge >= 0.3 is 0 Å². The highest BCUT2D eigenvalue weighted by molar-refractivity contribution is 5.94. The molecule has 0 aliphatic carbocycles. The normalized spacial score (nSPS) is 14.5. The molecule has 0 unspecified atom stereocenters. The van der Waals surface area contributed by atoms with Crippen molar-refractivity contribution in [1.82, 2.24) is 14.9 Å². The zero-order valence-electron chi connectivity index (χ0n) is 12.0. The van der Waals surface area contributed by atoms with Crippen molar-refractivity contribution in [2.24, 2.45) is 0 Å². The molecule has 1 saturated heterocycles. The molecule has 1 aliphatic rings. The number of piperazine rings is 1. The van der Waals surface area contributed by atoms with Gasteiger partial charge in [-0.2, -0.15) is 5.26 Å². The van der Waals surface area contributed by atoms with E-state index in [1.165, 1.54) is 0 Å². The molecule has 0 N–H and O–H groups in total. The minimum atomic E-state index is -0.00530. The highest BCUT2D eigenvalue weighted by atomic mass is 16.2. The number of hydrogen-bond acceptors (Lipinski definition) is 5. The van der Waals surface area contributed by atoms with Crippen LogP contribution in [0.1, 0.15) is 15.9 Å². The lowest BCUT2D eigenvalue weighted by Crippen LogP contribution is -2.49. The van der Waals surface area contributed by atoms with Crippen molar-refractivity contribution in [1.29, 1.82) is 5.26 Å². The topological polar surface area (TPSA) is 73.1 Å². The Balaban J connectivity index is 1.68. The van der Waals surface area contributed by atoms with Crippen LogP contribution in [0.25, 0.3) is 0 Å². The third kappa shape index (κ3) is 2.74. The van der Waals surface area contributed by atoms with Crippen LogP contribution in [0.3, 0.4) is 0 Å². The zero-order valence-corrected chi connectivity index (χ0v) is 12.0. The molecule has 0 spiro atoms. The van der Waals surface area contributed by atoms with Gasteiger partial charge in [0.1, 0.15) is 11.9 Å². The van der Waals surface area contributed by atoms with Gasteiger partial charge in [-0.05, 0) is 24.3 Å². The maximum absolute atomic E-state index is 12.4. The van der Waals surface area contributed by atoms with Crippen LogP contribution in [0.4, 0.5) is 5.82 Å². The molecule has 3 rings (SSSR count). The Morgan fingerprint density at radius 1 is 1.14 bits per heavy atom. The van der Waals surface area contributed by atoms with E-state index in [2.05, 4.69) is 16.0 Å². The van der Waals surface area contributed by atoms with Crippen LogP contribution in [-0.4, -0.2) is 47.0 Å². The lowest BCUT2D eigenvalue weighted by Gasteiger charge is -2.35. The summed E-state index contributed by atoms with van der Waals surface area (Å²) in [6, 6.07) is 9.21. The van der Waals surface area contributed by atoms with Gasteiger partial charge in [0.2, 0.25) is 0 Å². The quantitative estimate of drug-likeness (QED) is 0.834. The smallest absolute Gasteiger partial charge is 0.255 e. The van der Waals surface area contributed by atoms with Crippen LogP contribution in [0.5, 0.6) is 0 Å². The Kier molecular flexibility index (Phi) is 3.97. The second kappa shape index (κ2) is 6.22. The number of pyridine rings is 2. The number of nitriles is 1. The molecule has 22 heavy (non-hydrogen) atoms. The van der Waals surface area contributed by atoms with Crippen molar-refractivity contribution in [3.8, 4) is 6.07 Å². The first kappa shape index (κ1) is 14.0. The lowest BCUT2D eigenvalue weighted by atomic mass is 10.2. The van der Waals surface area contributed by atoms with E-state index in [4.69, 9.17) is 5.26 Å². The zero-order chi connectivity index (χ0) is 15.4. The van der Waals surface area contributed by atoms with E-state index in [9.17, 15) is 4.79 Å². The highest BCUT2D eigenvalue weighted by Gasteiger charge is 2.24. The predicted molar refractivity (Wildman–Crippen MR) is 81.3 cm³/mol. The maximum Gasteiger partial charge on any atom is 0.255 e. The van der Waals surface area contributed by atoms with E-state index in [-0.39, 0.29) is 5.91 Å². The average Bonchev–Trinajstić information content (AvgIpc) is 2.62. The number of hydrogen-bond donors (Lipinski definition) is 0. The molecule has 2 aromatic rings. The van der Waals surface area contributed by atoms with Gasteiger partial charge in [0.15, 0.2) is 0 Å². The van der Waals surface area contributed by atoms with Crippen molar-refractivity contribution in [3.05, 3.63) is 54.0 Å². The van der Waals surface area contributed by atoms with E-state index in [0.29, 0.717) is 43.1 Å². The molecular formula is C16H15N5O. The van der Waals surface area contributed by atoms with Crippen molar-refractivity contribution in [3.63, 3.8) is 0 Å². The Morgan fingerprint density at radius 2 is 1.91 bits per heavy atom. The molecule has 2 aromatic heterocycles. The van der Waals surface area contributed by atoms with E-state index in [1.54, 1.807) is 42.9 Å². The predicted octanol–water partition coefficient (Wildman–Crippen LogP) is 1.31. The number of carbonyl (C=O) groups is 1. The Bertz CT molecular complexity index is 702. The lowest BCUT2D eigenvalue weighted by molar-refractivity contribution is 0.0746. The van der Waals surface area contributed by atoms with Crippen molar-refractivity contribution < 1.29 is 4.79 Å². The van der Waals surface area contributed by atoms with Gasteiger partial charge < -0.3 is 9.80 Å². The van der Waals surface area contributed by atoms with Gasteiger partial charge in [0.05, 0.1) is 11.1 Å². The molecule has 3 heterocycles. The van der Waals surface area contributed by atoms with Crippen LogP contribution in [0.15, 0.2) is 42.9 Å². The minimum absolute atomic E-state index is 0.00530. The summed E-state index contributed by atoms with van der Waals surface area (Å²) in [4.78, 5) is 24.5. The average molecular weight is 293 g/mol. The molecule has 110 valence electrons. The van der Waals surface area contributed by atoms with E-state index in [1.807, 2.05) is 9.80 Å². The molecule has 0 saturated carbocycles. The first-order chi connectivity index (χ1) is 10.8. The highest BCUT2D eigenvalue weighted by Crippen LogP contribution is 2.18. The summed E-state index contributed by atoms with van der Waals surface area (Å²) in [5.41, 5.74) is 1.17. The fourth-order valence-corrected chi connectivity index (χ4v) is 2.53. The molecular weight excluding hydrogens is 278 g/mol. The molecule has 6 nitrogen and oxygen atoms in total. The van der Waals surface area contributed by atoms with Crippen molar-refractivity contribution in [2.45, 2.75) is 0 Å². The minimum Gasteiger partial charge on any atom is -0.352 e.